The Bertz CT molecular complexity index is 657. The fraction of sp³-hybridized carbons (Fsp3) is 0.636. The highest BCUT2D eigenvalue weighted by Gasteiger charge is 2.27. The summed E-state index contributed by atoms with van der Waals surface area (Å²) in [4.78, 5) is 16.6. The highest BCUT2D eigenvalue weighted by atomic mass is 16.5. The second kappa shape index (κ2) is 12.2. The standard InChI is InChI=1S/C22H35N3O4/c1-5-23-22(25-18-13-11-17(12-14-18)21(26)28-6-2)24-15-16(3)29-20-10-8-7-9-19(20)27-4/h7-10,16-18H,5-6,11-15H2,1-4H3,(H2,23,24,25). The lowest BCUT2D eigenvalue weighted by molar-refractivity contribution is -0.149. The number of hydrogen-bond acceptors (Lipinski definition) is 5. The largest absolute Gasteiger partial charge is 0.493 e. The zero-order chi connectivity index (χ0) is 21.1. The van der Waals surface area contributed by atoms with Gasteiger partial charge in [0.25, 0.3) is 0 Å². The Morgan fingerprint density at radius 3 is 2.48 bits per heavy atom. The fourth-order valence-corrected chi connectivity index (χ4v) is 3.44. The van der Waals surface area contributed by atoms with Crippen LogP contribution in [-0.4, -0.2) is 50.9 Å². The number of ether oxygens (including phenoxy) is 3. The Balaban J connectivity index is 1.85. The maximum absolute atomic E-state index is 11.9. The van der Waals surface area contributed by atoms with E-state index in [-0.39, 0.29) is 18.0 Å². The predicted molar refractivity (Wildman–Crippen MR) is 115 cm³/mol. The van der Waals surface area contributed by atoms with Crippen molar-refractivity contribution in [3.63, 3.8) is 0 Å². The van der Waals surface area contributed by atoms with Gasteiger partial charge in [0.05, 0.1) is 26.2 Å². The van der Waals surface area contributed by atoms with Gasteiger partial charge in [-0.3, -0.25) is 4.79 Å². The summed E-state index contributed by atoms with van der Waals surface area (Å²) in [5.41, 5.74) is 0. The maximum Gasteiger partial charge on any atom is 0.308 e. The molecule has 1 aromatic rings. The molecule has 0 radical (unpaired) electrons. The van der Waals surface area contributed by atoms with E-state index in [1.54, 1.807) is 7.11 Å². The van der Waals surface area contributed by atoms with E-state index >= 15 is 0 Å². The quantitative estimate of drug-likeness (QED) is 0.373. The van der Waals surface area contributed by atoms with Crippen LogP contribution in [-0.2, 0) is 9.53 Å². The van der Waals surface area contributed by atoms with Crippen LogP contribution >= 0.6 is 0 Å². The van der Waals surface area contributed by atoms with Crippen LogP contribution in [0, 0.1) is 5.92 Å². The number of carbonyl (C=O) groups is 1. The molecule has 0 aliphatic heterocycles. The molecule has 0 amide bonds. The van der Waals surface area contributed by atoms with E-state index < -0.39 is 0 Å². The van der Waals surface area contributed by atoms with E-state index in [4.69, 9.17) is 14.2 Å². The third kappa shape index (κ3) is 7.48. The normalized spacial score (nSPS) is 20.5. The van der Waals surface area contributed by atoms with Gasteiger partial charge in [-0.25, -0.2) is 4.99 Å². The topological polar surface area (TPSA) is 81.2 Å². The van der Waals surface area contributed by atoms with Gasteiger partial charge >= 0.3 is 5.97 Å². The summed E-state index contributed by atoms with van der Waals surface area (Å²) in [5, 5.41) is 6.79. The van der Waals surface area contributed by atoms with E-state index in [1.807, 2.05) is 45.0 Å². The molecular formula is C22H35N3O4. The Labute approximate surface area is 174 Å². The van der Waals surface area contributed by atoms with Crippen LogP contribution in [0.2, 0.25) is 0 Å². The monoisotopic (exact) mass is 405 g/mol. The van der Waals surface area contributed by atoms with Gasteiger partial charge in [-0.1, -0.05) is 12.1 Å². The van der Waals surface area contributed by atoms with Crippen LogP contribution in [0.1, 0.15) is 46.5 Å². The molecule has 0 bridgehead atoms. The number of methoxy groups -OCH3 is 1. The molecule has 7 nitrogen and oxygen atoms in total. The number of aliphatic imine (C=N–C) groups is 1. The first-order valence-electron chi connectivity index (χ1n) is 10.6. The number of guanidine groups is 1. The SMILES string of the molecule is CCNC(=NCC(C)Oc1ccccc1OC)NC1CCC(C(=O)OCC)CC1. The van der Waals surface area contributed by atoms with Gasteiger partial charge in [0.2, 0.25) is 0 Å². The van der Waals surface area contributed by atoms with Crippen LogP contribution in [0.25, 0.3) is 0 Å². The molecule has 2 rings (SSSR count). The number of hydrogen-bond donors (Lipinski definition) is 2. The molecule has 1 aliphatic rings. The van der Waals surface area contributed by atoms with Crippen molar-refractivity contribution in [2.24, 2.45) is 10.9 Å². The minimum absolute atomic E-state index is 0.0294. The van der Waals surface area contributed by atoms with Crippen molar-refractivity contribution < 1.29 is 19.0 Å². The van der Waals surface area contributed by atoms with E-state index in [0.717, 1.165) is 38.2 Å². The van der Waals surface area contributed by atoms with Gasteiger partial charge in [0.1, 0.15) is 6.10 Å². The Morgan fingerprint density at radius 1 is 1.17 bits per heavy atom. The summed E-state index contributed by atoms with van der Waals surface area (Å²) < 4.78 is 16.5. The van der Waals surface area contributed by atoms with Gasteiger partial charge < -0.3 is 24.8 Å². The minimum Gasteiger partial charge on any atom is -0.493 e. The Kier molecular flexibility index (Phi) is 9.60. The molecule has 0 spiro atoms. The van der Waals surface area contributed by atoms with Crippen molar-refractivity contribution in [1.82, 2.24) is 10.6 Å². The molecule has 162 valence electrons. The van der Waals surface area contributed by atoms with Gasteiger partial charge in [-0.2, -0.15) is 0 Å². The molecule has 29 heavy (non-hydrogen) atoms. The van der Waals surface area contributed by atoms with Crippen molar-refractivity contribution in [3.05, 3.63) is 24.3 Å². The number of esters is 1. The average molecular weight is 406 g/mol. The van der Waals surface area contributed by atoms with Crippen molar-refractivity contribution in [2.75, 3.05) is 26.8 Å². The van der Waals surface area contributed by atoms with Crippen LogP contribution in [0.4, 0.5) is 0 Å². The number of nitrogens with one attached hydrogen (secondary N) is 2. The molecule has 1 saturated carbocycles. The summed E-state index contributed by atoms with van der Waals surface area (Å²) in [5.74, 6) is 2.18. The molecule has 1 fully saturated rings. The number of rotatable bonds is 9. The summed E-state index contributed by atoms with van der Waals surface area (Å²) in [7, 11) is 1.63. The van der Waals surface area contributed by atoms with Gasteiger partial charge in [0, 0.05) is 12.6 Å². The smallest absolute Gasteiger partial charge is 0.308 e. The average Bonchev–Trinajstić information content (AvgIpc) is 2.73. The third-order valence-electron chi connectivity index (χ3n) is 4.94. The van der Waals surface area contributed by atoms with E-state index in [2.05, 4.69) is 15.6 Å². The number of benzene rings is 1. The minimum atomic E-state index is -0.0960. The number of carbonyl (C=O) groups excluding carboxylic acids is 1. The Hall–Kier alpha value is -2.44. The van der Waals surface area contributed by atoms with Gasteiger partial charge in [-0.15, -0.1) is 0 Å². The lowest BCUT2D eigenvalue weighted by Crippen LogP contribution is -2.45. The molecule has 2 N–H and O–H groups in total. The van der Waals surface area contributed by atoms with Crippen LogP contribution in [0.15, 0.2) is 29.3 Å². The van der Waals surface area contributed by atoms with E-state index in [1.165, 1.54) is 0 Å². The second-order valence-corrected chi connectivity index (χ2v) is 7.24. The van der Waals surface area contributed by atoms with E-state index in [0.29, 0.717) is 30.7 Å². The molecule has 1 atom stereocenters. The summed E-state index contributed by atoms with van der Waals surface area (Å²) in [6.45, 7) is 7.64. The predicted octanol–water partition coefficient (Wildman–Crippen LogP) is 3.14. The van der Waals surface area contributed by atoms with Crippen molar-refractivity contribution in [1.29, 1.82) is 0 Å². The van der Waals surface area contributed by atoms with Crippen molar-refractivity contribution in [3.8, 4) is 11.5 Å². The molecule has 1 aliphatic carbocycles. The highest BCUT2D eigenvalue weighted by molar-refractivity contribution is 5.80. The summed E-state index contributed by atoms with van der Waals surface area (Å²) in [6.07, 6.45) is 3.47. The number of para-hydroxylation sites is 2. The van der Waals surface area contributed by atoms with E-state index in [9.17, 15) is 4.79 Å². The zero-order valence-electron chi connectivity index (χ0n) is 18.1. The molecule has 0 aromatic heterocycles. The molecule has 1 aromatic carbocycles. The first-order valence-corrected chi connectivity index (χ1v) is 10.6. The molecule has 0 heterocycles. The van der Waals surface area contributed by atoms with Crippen LogP contribution in [0.3, 0.4) is 0 Å². The fourth-order valence-electron chi connectivity index (χ4n) is 3.44. The van der Waals surface area contributed by atoms with Crippen LogP contribution < -0.4 is 20.1 Å². The van der Waals surface area contributed by atoms with Gasteiger partial charge in [0.15, 0.2) is 17.5 Å². The summed E-state index contributed by atoms with van der Waals surface area (Å²) in [6, 6.07) is 7.92. The lowest BCUT2D eigenvalue weighted by atomic mass is 9.86. The molecule has 0 saturated heterocycles. The highest BCUT2D eigenvalue weighted by Crippen LogP contribution is 2.27. The first-order chi connectivity index (χ1) is 14.1. The number of nitrogens with zero attached hydrogens (tertiary/aromatic N) is 1. The summed E-state index contributed by atoms with van der Waals surface area (Å²) >= 11 is 0. The van der Waals surface area contributed by atoms with Crippen molar-refractivity contribution >= 4 is 11.9 Å². The van der Waals surface area contributed by atoms with Crippen molar-refractivity contribution in [2.45, 2.75) is 58.6 Å². The Morgan fingerprint density at radius 2 is 1.86 bits per heavy atom. The molecular weight excluding hydrogens is 370 g/mol. The molecule has 7 heteroatoms. The lowest BCUT2D eigenvalue weighted by Gasteiger charge is -2.29. The first kappa shape index (κ1) is 22.8. The zero-order valence-corrected chi connectivity index (χ0v) is 18.1. The van der Waals surface area contributed by atoms with Gasteiger partial charge in [-0.05, 0) is 58.6 Å². The maximum atomic E-state index is 11.9. The second-order valence-electron chi connectivity index (χ2n) is 7.24. The molecule has 1 unspecified atom stereocenters. The third-order valence-corrected chi connectivity index (χ3v) is 4.94. The van der Waals surface area contributed by atoms with Crippen LogP contribution in [0.5, 0.6) is 11.5 Å².